The first-order valence-corrected chi connectivity index (χ1v) is 12.1. The van der Waals surface area contributed by atoms with Crippen LogP contribution < -0.4 is 0 Å². The lowest BCUT2D eigenvalue weighted by atomic mass is 10.0. The van der Waals surface area contributed by atoms with E-state index in [1.165, 1.54) is 5.39 Å². The number of imidazole rings is 1. The molecule has 0 N–H and O–H groups in total. The first-order chi connectivity index (χ1) is 17.2. The summed E-state index contributed by atoms with van der Waals surface area (Å²) in [5.41, 5.74) is 4.64. The molecule has 4 aromatic carbocycles. The second-order valence-electron chi connectivity index (χ2n) is 8.78. The van der Waals surface area contributed by atoms with Crippen LogP contribution in [0.25, 0.3) is 33.2 Å². The standard InChI is InChI=1S/C29H24ClN3O2/c30-23-11-8-20(9-12-23)19-33-27-13-10-22(29(34)32-14-16-35-17-15-32)18-26(27)31-28(33)25-7-3-5-21-4-1-2-6-24(21)25/h1-13,18H,14-17,19H2. The maximum absolute atomic E-state index is 13.1. The van der Waals surface area contributed by atoms with E-state index >= 15 is 0 Å². The molecule has 5 nitrogen and oxygen atoms in total. The topological polar surface area (TPSA) is 47.4 Å². The van der Waals surface area contributed by atoms with Crippen molar-refractivity contribution in [2.75, 3.05) is 26.3 Å². The smallest absolute Gasteiger partial charge is 0.254 e. The van der Waals surface area contributed by atoms with Crippen molar-refractivity contribution in [2.45, 2.75) is 6.54 Å². The predicted molar refractivity (Wildman–Crippen MR) is 140 cm³/mol. The van der Waals surface area contributed by atoms with Crippen LogP contribution in [0.1, 0.15) is 15.9 Å². The van der Waals surface area contributed by atoms with Crippen LogP contribution in [0.3, 0.4) is 0 Å². The van der Waals surface area contributed by atoms with Crippen molar-refractivity contribution in [2.24, 2.45) is 0 Å². The number of fused-ring (bicyclic) bond motifs is 2. The summed E-state index contributed by atoms with van der Waals surface area (Å²) in [7, 11) is 0. The van der Waals surface area contributed by atoms with E-state index in [4.69, 9.17) is 21.3 Å². The number of hydrogen-bond donors (Lipinski definition) is 0. The minimum atomic E-state index is 0.0224. The van der Waals surface area contributed by atoms with Crippen LogP contribution in [0.2, 0.25) is 5.02 Å². The molecule has 0 saturated carbocycles. The number of hydrogen-bond acceptors (Lipinski definition) is 3. The molecule has 6 rings (SSSR count). The van der Waals surface area contributed by atoms with Crippen LogP contribution >= 0.6 is 11.6 Å². The van der Waals surface area contributed by atoms with Gasteiger partial charge in [0.1, 0.15) is 5.82 Å². The summed E-state index contributed by atoms with van der Waals surface area (Å²) in [5.74, 6) is 0.900. The number of aromatic nitrogens is 2. The number of nitrogens with zero attached hydrogens (tertiary/aromatic N) is 3. The Morgan fingerprint density at radius 3 is 2.51 bits per heavy atom. The molecular formula is C29H24ClN3O2. The minimum absolute atomic E-state index is 0.0224. The van der Waals surface area contributed by atoms with Crippen LogP contribution in [0, 0.1) is 0 Å². The lowest BCUT2D eigenvalue weighted by molar-refractivity contribution is 0.0303. The summed E-state index contributed by atoms with van der Waals surface area (Å²) in [6, 6.07) is 28.4. The molecule has 6 heteroatoms. The van der Waals surface area contributed by atoms with E-state index < -0.39 is 0 Å². The van der Waals surface area contributed by atoms with Crippen molar-refractivity contribution < 1.29 is 9.53 Å². The molecule has 5 aromatic rings. The third kappa shape index (κ3) is 4.18. The van der Waals surface area contributed by atoms with Gasteiger partial charge in [-0.05, 0) is 46.7 Å². The molecule has 35 heavy (non-hydrogen) atoms. The van der Waals surface area contributed by atoms with E-state index in [0.717, 1.165) is 33.4 Å². The molecule has 1 aromatic heterocycles. The molecule has 0 spiro atoms. The molecule has 1 fully saturated rings. The molecule has 1 amide bonds. The van der Waals surface area contributed by atoms with Gasteiger partial charge in [-0.3, -0.25) is 4.79 Å². The molecule has 0 aliphatic carbocycles. The fourth-order valence-electron chi connectivity index (χ4n) is 4.77. The number of amides is 1. The van der Waals surface area contributed by atoms with E-state index in [2.05, 4.69) is 41.0 Å². The maximum Gasteiger partial charge on any atom is 0.254 e. The molecular weight excluding hydrogens is 458 g/mol. The van der Waals surface area contributed by atoms with E-state index in [1.807, 2.05) is 53.4 Å². The van der Waals surface area contributed by atoms with Crippen molar-refractivity contribution in [1.29, 1.82) is 0 Å². The summed E-state index contributed by atoms with van der Waals surface area (Å²) < 4.78 is 7.63. The first-order valence-electron chi connectivity index (χ1n) is 11.8. The summed E-state index contributed by atoms with van der Waals surface area (Å²) in [6.45, 7) is 3.03. The summed E-state index contributed by atoms with van der Waals surface area (Å²) in [5, 5.41) is 3.02. The van der Waals surface area contributed by atoms with Crippen molar-refractivity contribution in [3.63, 3.8) is 0 Å². The van der Waals surface area contributed by atoms with Gasteiger partial charge >= 0.3 is 0 Å². The molecule has 1 saturated heterocycles. The Labute approximate surface area is 208 Å². The largest absolute Gasteiger partial charge is 0.378 e. The molecule has 1 aliphatic rings. The summed E-state index contributed by atoms with van der Waals surface area (Å²) in [4.78, 5) is 20.1. The Morgan fingerprint density at radius 2 is 1.69 bits per heavy atom. The number of morpholine rings is 1. The monoisotopic (exact) mass is 481 g/mol. The van der Waals surface area contributed by atoms with Gasteiger partial charge in [-0.1, -0.05) is 66.2 Å². The Bertz CT molecular complexity index is 1530. The number of halogens is 1. The molecule has 2 heterocycles. The number of ether oxygens (including phenoxy) is 1. The van der Waals surface area contributed by atoms with Crippen LogP contribution in [0.4, 0.5) is 0 Å². The van der Waals surface area contributed by atoms with Crippen LogP contribution in [0.5, 0.6) is 0 Å². The maximum atomic E-state index is 13.1. The molecule has 0 unspecified atom stereocenters. The highest BCUT2D eigenvalue weighted by Crippen LogP contribution is 2.32. The number of benzene rings is 4. The Hall–Kier alpha value is -3.67. The zero-order valence-corrected chi connectivity index (χ0v) is 19.9. The Balaban J connectivity index is 1.50. The molecule has 0 bridgehead atoms. The van der Waals surface area contributed by atoms with E-state index in [-0.39, 0.29) is 5.91 Å². The van der Waals surface area contributed by atoms with E-state index in [9.17, 15) is 4.79 Å². The van der Waals surface area contributed by atoms with Crippen molar-refractivity contribution in [1.82, 2.24) is 14.5 Å². The fourth-order valence-corrected chi connectivity index (χ4v) is 4.90. The van der Waals surface area contributed by atoms with Gasteiger partial charge in [-0.15, -0.1) is 0 Å². The minimum Gasteiger partial charge on any atom is -0.378 e. The van der Waals surface area contributed by atoms with E-state index in [0.29, 0.717) is 43.4 Å². The van der Waals surface area contributed by atoms with Gasteiger partial charge in [0.25, 0.3) is 5.91 Å². The molecule has 0 radical (unpaired) electrons. The molecule has 1 aliphatic heterocycles. The average Bonchev–Trinajstić information content (AvgIpc) is 3.27. The second-order valence-corrected chi connectivity index (χ2v) is 9.22. The van der Waals surface area contributed by atoms with Crippen LogP contribution in [-0.4, -0.2) is 46.7 Å². The van der Waals surface area contributed by atoms with Gasteiger partial charge in [0.05, 0.1) is 24.2 Å². The first kappa shape index (κ1) is 21.8. The summed E-state index contributed by atoms with van der Waals surface area (Å²) >= 11 is 6.13. The highest BCUT2D eigenvalue weighted by molar-refractivity contribution is 6.30. The zero-order chi connectivity index (χ0) is 23.8. The third-order valence-corrected chi connectivity index (χ3v) is 6.83. The Morgan fingerprint density at radius 1 is 0.914 bits per heavy atom. The normalized spacial score (nSPS) is 14.0. The highest BCUT2D eigenvalue weighted by Gasteiger charge is 2.21. The quantitative estimate of drug-likeness (QED) is 0.315. The third-order valence-electron chi connectivity index (χ3n) is 6.58. The number of carbonyl (C=O) groups excluding carboxylic acids is 1. The summed E-state index contributed by atoms with van der Waals surface area (Å²) in [6.07, 6.45) is 0. The second kappa shape index (κ2) is 9.17. The van der Waals surface area contributed by atoms with Crippen LogP contribution in [0.15, 0.2) is 84.9 Å². The van der Waals surface area contributed by atoms with Crippen molar-refractivity contribution in [3.05, 3.63) is 101 Å². The average molecular weight is 482 g/mol. The lowest BCUT2D eigenvalue weighted by Crippen LogP contribution is -2.40. The van der Waals surface area contributed by atoms with E-state index in [1.54, 1.807) is 0 Å². The van der Waals surface area contributed by atoms with Crippen molar-refractivity contribution in [3.8, 4) is 11.4 Å². The fraction of sp³-hybridized carbons (Fsp3) is 0.172. The molecule has 0 atom stereocenters. The number of carbonyl (C=O) groups is 1. The van der Waals surface area contributed by atoms with Gasteiger partial charge in [0.2, 0.25) is 0 Å². The number of rotatable bonds is 4. The van der Waals surface area contributed by atoms with Gasteiger partial charge in [0.15, 0.2) is 0 Å². The zero-order valence-electron chi connectivity index (χ0n) is 19.2. The van der Waals surface area contributed by atoms with Gasteiger partial charge in [-0.2, -0.15) is 0 Å². The van der Waals surface area contributed by atoms with Gasteiger partial charge in [-0.25, -0.2) is 4.98 Å². The van der Waals surface area contributed by atoms with Crippen molar-refractivity contribution >= 4 is 39.3 Å². The SMILES string of the molecule is O=C(c1ccc2c(c1)nc(-c1cccc3ccccc13)n2Cc1ccc(Cl)cc1)N1CCOCC1. The molecule has 174 valence electrons. The predicted octanol–water partition coefficient (Wildman–Crippen LogP) is 6.03. The van der Waals surface area contributed by atoms with Gasteiger partial charge in [0, 0.05) is 35.8 Å². The highest BCUT2D eigenvalue weighted by atomic mass is 35.5. The Kier molecular flexibility index (Phi) is 5.72. The van der Waals surface area contributed by atoms with Crippen LogP contribution in [-0.2, 0) is 11.3 Å². The van der Waals surface area contributed by atoms with Gasteiger partial charge < -0.3 is 14.2 Å². The lowest BCUT2D eigenvalue weighted by Gasteiger charge is -2.26.